The Morgan fingerprint density at radius 3 is 2.78 bits per heavy atom. The van der Waals surface area contributed by atoms with Gasteiger partial charge in [0.15, 0.2) is 4.21 Å². The fourth-order valence-corrected chi connectivity index (χ4v) is 4.08. The zero-order valence-electron chi connectivity index (χ0n) is 11.4. The highest BCUT2D eigenvalue weighted by Gasteiger charge is 2.21. The molecule has 0 fully saturated rings. The van der Waals surface area contributed by atoms with Gasteiger partial charge in [0.25, 0.3) is 21.7 Å². The van der Waals surface area contributed by atoms with Gasteiger partial charge in [-0.1, -0.05) is 30.3 Å². The van der Waals surface area contributed by atoms with Crippen molar-refractivity contribution >= 4 is 33.1 Å². The zero-order valence-corrected chi connectivity index (χ0v) is 13.0. The van der Waals surface area contributed by atoms with Gasteiger partial charge < -0.3 is 0 Å². The molecule has 0 atom stereocenters. The van der Waals surface area contributed by atoms with Gasteiger partial charge in [0, 0.05) is 5.56 Å². The second kappa shape index (κ2) is 5.14. The molecule has 9 nitrogen and oxygen atoms in total. The van der Waals surface area contributed by atoms with Crippen LogP contribution in [0.5, 0.6) is 0 Å². The minimum Gasteiger partial charge on any atom is -0.278 e. The predicted octanol–water partition coefficient (Wildman–Crippen LogP) is 1.38. The van der Waals surface area contributed by atoms with Crippen molar-refractivity contribution in [3.8, 4) is 10.6 Å². The third-order valence-electron chi connectivity index (χ3n) is 3.01. The van der Waals surface area contributed by atoms with Crippen LogP contribution < -0.4 is 4.72 Å². The monoisotopic (exact) mass is 347 g/mol. The molecule has 0 aliphatic heterocycles. The van der Waals surface area contributed by atoms with E-state index in [0.29, 0.717) is 5.01 Å². The number of thiazole rings is 1. The van der Waals surface area contributed by atoms with E-state index in [9.17, 15) is 8.42 Å². The summed E-state index contributed by atoms with van der Waals surface area (Å²) in [4.78, 5) is 8.05. The Morgan fingerprint density at radius 1 is 1.13 bits per heavy atom. The summed E-state index contributed by atoms with van der Waals surface area (Å²) in [7, 11) is -3.80. The van der Waals surface area contributed by atoms with E-state index in [4.69, 9.17) is 0 Å². The van der Waals surface area contributed by atoms with Crippen molar-refractivity contribution in [2.75, 3.05) is 4.72 Å². The third kappa shape index (κ3) is 2.45. The maximum absolute atomic E-state index is 12.5. The first-order valence-corrected chi connectivity index (χ1v) is 8.72. The maximum atomic E-state index is 12.5. The topological polar surface area (TPSA) is 118 Å². The number of sulfonamides is 1. The van der Waals surface area contributed by atoms with Crippen molar-refractivity contribution in [3.63, 3.8) is 0 Å². The Balaban J connectivity index is 1.67. The molecular weight excluding hydrogens is 338 g/mol. The molecule has 1 aromatic carbocycles. The molecule has 0 aliphatic rings. The van der Waals surface area contributed by atoms with Gasteiger partial charge in [-0.25, -0.2) is 18.1 Å². The number of nitrogens with zero attached hydrogens (tertiary/aromatic N) is 5. The number of hydrogen-bond acceptors (Lipinski definition) is 7. The number of anilines is 1. The molecule has 23 heavy (non-hydrogen) atoms. The summed E-state index contributed by atoms with van der Waals surface area (Å²) in [5, 5.41) is 10.8. The summed E-state index contributed by atoms with van der Waals surface area (Å²) in [5.74, 6) is 0.309. The Labute approximate surface area is 134 Å². The standard InChI is InChI=1S/C12H9N7O2S2/c20-23(21,18-12-17-16-11-14-7-15-19(11)12)9-6-13-10(22-9)8-4-2-1-3-5-8/h1-7H,(H,17,18)(H,14,15,16). The lowest BCUT2D eigenvalue weighted by molar-refractivity contribution is 0.602. The molecule has 11 heteroatoms. The van der Waals surface area contributed by atoms with Crippen molar-refractivity contribution < 1.29 is 8.42 Å². The molecule has 4 aromatic rings. The van der Waals surface area contributed by atoms with E-state index in [2.05, 4.69) is 30.0 Å². The molecule has 2 N–H and O–H groups in total. The van der Waals surface area contributed by atoms with Crippen LogP contribution in [0.15, 0.2) is 47.1 Å². The van der Waals surface area contributed by atoms with Gasteiger partial charge >= 0.3 is 0 Å². The first-order chi connectivity index (χ1) is 11.1. The number of rotatable bonds is 4. The summed E-state index contributed by atoms with van der Waals surface area (Å²) in [5.41, 5.74) is 0.859. The van der Waals surface area contributed by atoms with Crippen LogP contribution in [0.25, 0.3) is 16.3 Å². The van der Waals surface area contributed by atoms with Gasteiger partial charge in [-0.15, -0.1) is 21.5 Å². The van der Waals surface area contributed by atoms with Crippen LogP contribution >= 0.6 is 11.3 Å². The number of benzene rings is 1. The number of aromatic nitrogens is 6. The van der Waals surface area contributed by atoms with E-state index in [0.717, 1.165) is 16.9 Å². The van der Waals surface area contributed by atoms with Crippen LogP contribution in [0.4, 0.5) is 5.95 Å². The minimum atomic E-state index is -3.80. The lowest BCUT2D eigenvalue weighted by Gasteiger charge is -2.01. The Bertz CT molecular complexity index is 1070. The third-order valence-corrected chi connectivity index (χ3v) is 5.84. The molecule has 116 valence electrons. The quantitative estimate of drug-likeness (QED) is 0.576. The van der Waals surface area contributed by atoms with Gasteiger partial charge in [-0.2, -0.15) is 9.50 Å². The van der Waals surface area contributed by atoms with Crippen LogP contribution in [-0.2, 0) is 10.0 Å². The van der Waals surface area contributed by atoms with E-state index >= 15 is 0 Å². The minimum absolute atomic E-state index is 0.0344. The van der Waals surface area contributed by atoms with Gasteiger partial charge in [-0.3, -0.25) is 5.10 Å². The normalized spacial score (nSPS) is 11.8. The fraction of sp³-hybridized carbons (Fsp3) is 0. The molecule has 0 bridgehead atoms. The highest BCUT2D eigenvalue weighted by molar-refractivity contribution is 7.94. The molecular formula is C12H9N7O2S2. The van der Waals surface area contributed by atoms with E-state index in [1.165, 1.54) is 17.0 Å². The molecule has 3 aromatic heterocycles. The lowest BCUT2D eigenvalue weighted by atomic mass is 10.2. The van der Waals surface area contributed by atoms with Crippen LogP contribution in [0.3, 0.4) is 0 Å². The molecule has 4 rings (SSSR count). The van der Waals surface area contributed by atoms with Gasteiger partial charge in [-0.05, 0) is 0 Å². The average Bonchev–Trinajstić information content (AvgIpc) is 3.26. The molecule has 0 spiro atoms. The number of fused-ring (bicyclic) bond motifs is 1. The molecule has 0 saturated carbocycles. The Kier molecular flexibility index (Phi) is 3.09. The van der Waals surface area contributed by atoms with Crippen molar-refractivity contribution in [2.45, 2.75) is 4.21 Å². The first kappa shape index (κ1) is 13.8. The Hall–Kier alpha value is -2.79. The summed E-state index contributed by atoms with van der Waals surface area (Å²) in [6.45, 7) is 0. The summed E-state index contributed by atoms with van der Waals surface area (Å²) in [6.07, 6.45) is 2.71. The second-order valence-electron chi connectivity index (χ2n) is 4.50. The summed E-state index contributed by atoms with van der Waals surface area (Å²) < 4.78 is 28.7. The SMILES string of the molecule is O=S(=O)(Nc1nnc2nc[nH]n12)c1cnc(-c2ccccc2)s1. The molecule has 0 saturated heterocycles. The fourth-order valence-electron chi connectivity index (χ4n) is 1.96. The van der Waals surface area contributed by atoms with Crippen LogP contribution in [0, 0.1) is 0 Å². The highest BCUT2D eigenvalue weighted by atomic mass is 32.2. The smallest absolute Gasteiger partial charge is 0.275 e. The first-order valence-electron chi connectivity index (χ1n) is 6.42. The Morgan fingerprint density at radius 2 is 1.96 bits per heavy atom. The highest BCUT2D eigenvalue weighted by Crippen LogP contribution is 2.28. The van der Waals surface area contributed by atoms with E-state index in [1.54, 1.807) is 0 Å². The molecule has 0 unspecified atom stereocenters. The number of nitrogens with one attached hydrogen (secondary N) is 2. The lowest BCUT2D eigenvalue weighted by Crippen LogP contribution is -2.14. The van der Waals surface area contributed by atoms with Crippen LogP contribution in [0.2, 0.25) is 0 Å². The average molecular weight is 347 g/mol. The molecule has 0 aliphatic carbocycles. The number of aromatic amines is 1. The van der Waals surface area contributed by atoms with Crippen molar-refractivity contribution in [1.82, 2.24) is 29.8 Å². The van der Waals surface area contributed by atoms with Crippen LogP contribution in [0.1, 0.15) is 0 Å². The predicted molar refractivity (Wildman–Crippen MR) is 83.5 cm³/mol. The number of H-pyrrole nitrogens is 1. The van der Waals surface area contributed by atoms with Crippen LogP contribution in [-0.4, -0.2) is 38.2 Å². The molecule has 3 heterocycles. The summed E-state index contributed by atoms with van der Waals surface area (Å²) >= 11 is 1.08. The van der Waals surface area contributed by atoms with Crippen molar-refractivity contribution in [1.29, 1.82) is 0 Å². The van der Waals surface area contributed by atoms with E-state index in [1.807, 2.05) is 30.3 Å². The van der Waals surface area contributed by atoms with Crippen molar-refractivity contribution in [3.05, 3.63) is 42.9 Å². The molecule has 0 radical (unpaired) electrons. The van der Waals surface area contributed by atoms with E-state index in [-0.39, 0.29) is 15.9 Å². The second-order valence-corrected chi connectivity index (χ2v) is 7.44. The zero-order chi connectivity index (χ0) is 15.9. The van der Waals surface area contributed by atoms with Crippen molar-refractivity contribution in [2.24, 2.45) is 0 Å². The number of hydrogen-bond donors (Lipinski definition) is 2. The van der Waals surface area contributed by atoms with E-state index < -0.39 is 10.0 Å². The molecule has 0 amide bonds. The largest absolute Gasteiger partial charge is 0.278 e. The maximum Gasteiger partial charge on any atom is 0.275 e. The summed E-state index contributed by atoms with van der Waals surface area (Å²) in [6, 6.07) is 9.37. The van der Waals surface area contributed by atoms with Gasteiger partial charge in [0.1, 0.15) is 11.3 Å². The van der Waals surface area contributed by atoms with Gasteiger partial charge in [0.2, 0.25) is 0 Å². The van der Waals surface area contributed by atoms with Gasteiger partial charge in [0.05, 0.1) is 6.20 Å².